The first-order chi connectivity index (χ1) is 17.2. The lowest BCUT2D eigenvalue weighted by Gasteiger charge is -2.27. The second-order valence-corrected chi connectivity index (χ2v) is 11.8. The molecule has 1 aliphatic heterocycles. The number of rotatable bonds is 10. The van der Waals surface area contributed by atoms with Gasteiger partial charge in [-0.15, -0.1) is 0 Å². The van der Waals surface area contributed by atoms with Crippen LogP contribution in [0.4, 0.5) is 0 Å². The van der Waals surface area contributed by atoms with Crippen molar-refractivity contribution in [3.05, 3.63) is 82.6 Å². The average molecular weight is 530 g/mol. The lowest BCUT2D eigenvalue weighted by Crippen LogP contribution is -2.38. The Balaban J connectivity index is 1.61. The SMILES string of the molecule is CC(C)n1c(CN(CC2CCCO2)C(=O)Cc2ccccc2)cnc1S(=O)(=O)Cc1cccc(Cl)c1. The maximum absolute atomic E-state index is 13.4. The van der Waals surface area contributed by atoms with Crippen molar-refractivity contribution in [2.45, 2.75) is 62.7 Å². The molecule has 1 amide bonds. The molecular weight excluding hydrogens is 498 g/mol. The standard InChI is InChI=1S/C27H32ClN3O4S/c1-20(2)31-24(16-29-27(31)36(33,34)19-22-10-6-11-23(28)14-22)17-30(18-25-12-7-13-35-25)26(32)15-21-8-4-3-5-9-21/h3-6,8-11,14,16,20,25H,7,12-13,15,17-19H2,1-2H3. The maximum Gasteiger partial charge on any atom is 0.228 e. The number of hydrogen-bond donors (Lipinski definition) is 0. The van der Waals surface area contributed by atoms with Gasteiger partial charge in [-0.3, -0.25) is 4.79 Å². The summed E-state index contributed by atoms with van der Waals surface area (Å²) in [5.74, 6) is -0.236. The van der Waals surface area contributed by atoms with E-state index in [9.17, 15) is 13.2 Å². The van der Waals surface area contributed by atoms with E-state index in [1.807, 2.05) is 44.2 Å². The third-order valence-electron chi connectivity index (χ3n) is 6.23. The minimum absolute atomic E-state index is 0.0000465. The Kier molecular flexibility index (Phi) is 8.49. The molecule has 1 unspecified atom stereocenters. The molecule has 0 saturated carbocycles. The number of hydrogen-bond acceptors (Lipinski definition) is 5. The van der Waals surface area contributed by atoms with Crippen molar-refractivity contribution in [1.29, 1.82) is 0 Å². The van der Waals surface area contributed by atoms with Crippen molar-refractivity contribution >= 4 is 27.3 Å². The molecule has 2 heterocycles. The van der Waals surface area contributed by atoms with Crippen molar-refractivity contribution < 1.29 is 17.9 Å². The molecule has 0 spiro atoms. The number of carbonyl (C=O) groups excluding carboxylic acids is 1. The number of nitrogens with zero attached hydrogens (tertiary/aromatic N) is 3. The fourth-order valence-corrected chi connectivity index (χ4v) is 6.36. The second kappa shape index (κ2) is 11.6. The molecule has 1 fully saturated rings. The highest BCUT2D eigenvalue weighted by atomic mass is 35.5. The highest BCUT2D eigenvalue weighted by molar-refractivity contribution is 7.90. The fourth-order valence-electron chi connectivity index (χ4n) is 4.55. The van der Waals surface area contributed by atoms with E-state index in [4.69, 9.17) is 16.3 Å². The van der Waals surface area contributed by atoms with Gasteiger partial charge in [-0.25, -0.2) is 13.4 Å². The summed E-state index contributed by atoms with van der Waals surface area (Å²) in [6.07, 6.45) is 3.69. The van der Waals surface area contributed by atoms with Gasteiger partial charge in [0.05, 0.1) is 36.7 Å². The Bertz CT molecular complexity index is 1290. The molecular formula is C27H32ClN3O4S. The van der Waals surface area contributed by atoms with Crippen molar-refractivity contribution in [2.24, 2.45) is 0 Å². The van der Waals surface area contributed by atoms with Gasteiger partial charge in [-0.2, -0.15) is 0 Å². The molecule has 1 aliphatic rings. The molecule has 192 valence electrons. The number of imidazole rings is 1. The lowest BCUT2D eigenvalue weighted by atomic mass is 10.1. The number of halogens is 1. The minimum atomic E-state index is -3.75. The van der Waals surface area contributed by atoms with Crippen LogP contribution in [0.2, 0.25) is 5.02 Å². The molecule has 4 rings (SSSR count). The topological polar surface area (TPSA) is 81.5 Å². The van der Waals surface area contributed by atoms with Gasteiger partial charge in [0, 0.05) is 24.2 Å². The average Bonchev–Trinajstić information content (AvgIpc) is 3.49. The third-order valence-corrected chi connectivity index (χ3v) is 8.04. The van der Waals surface area contributed by atoms with Gasteiger partial charge in [0.15, 0.2) is 0 Å². The number of ether oxygens (including phenoxy) is 1. The first-order valence-corrected chi connectivity index (χ1v) is 14.2. The summed E-state index contributed by atoms with van der Waals surface area (Å²) in [4.78, 5) is 19.5. The van der Waals surface area contributed by atoms with Crippen LogP contribution in [0.3, 0.4) is 0 Å². The van der Waals surface area contributed by atoms with E-state index < -0.39 is 9.84 Å². The summed E-state index contributed by atoms with van der Waals surface area (Å²) in [6, 6.07) is 16.3. The van der Waals surface area contributed by atoms with E-state index in [1.54, 1.807) is 39.9 Å². The Morgan fingerprint density at radius 3 is 2.58 bits per heavy atom. The Hall–Kier alpha value is -2.68. The molecule has 2 aromatic carbocycles. The first-order valence-electron chi connectivity index (χ1n) is 12.2. The molecule has 0 radical (unpaired) electrons. The van der Waals surface area contributed by atoms with Crippen molar-refractivity contribution in [2.75, 3.05) is 13.2 Å². The van der Waals surface area contributed by atoms with Gasteiger partial charge in [0.25, 0.3) is 0 Å². The number of carbonyl (C=O) groups is 1. The summed E-state index contributed by atoms with van der Waals surface area (Å²) in [5.41, 5.74) is 2.21. The molecule has 3 aromatic rings. The van der Waals surface area contributed by atoms with Crippen LogP contribution in [0, 0.1) is 0 Å². The Labute approximate surface area is 218 Å². The summed E-state index contributed by atoms with van der Waals surface area (Å²) in [6.45, 7) is 5.24. The van der Waals surface area contributed by atoms with Crippen molar-refractivity contribution in [3.63, 3.8) is 0 Å². The van der Waals surface area contributed by atoms with Crippen LogP contribution < -0.4 is 0 Å². The van der Waals surface area contributed by atoms with Gasteiger partial charge in [-0.1, -0.05) is 54.1 Å². The third kappa shape index (κ3) is 6.55. The zero-order valence-corrected chi connectivity index (χ0v) is 22.2. The zero-order chi connectivity index (χ0) is 25.7. The lowest BCUT2D eigenvalue weighted by molar-refractivity contribution is -0.132. The van der Waals surface area contributed by atoms with Crippen molar-refractivity contribution in [3.8, 4) is 0 Å². The zero-order valence-electron chi connectivity index (χ0n) is 20.6. The molecule has 9 heteroatoms. The van der Waals surface area contributed by atoms with Crippen LogP contribution in [0.5, 0.6) is 0 Å². The van der Waals surface area contributed by atoms with E-state index in [-0.39, 0.29) is 41.9 Å². The van der Waals surface area contributed by atoms with Crippen LogP contribution in [0.1, 0.15) is 49.6 Å². The highest BCUT2D eigenvalue weighted by Crippen LogP contribution is 2.24. The molecule has 7 nitrogen and oxygen atoms in total. The van der Waals surface area contributed by atoms with E-state index in [2.05, 4.69) is 4.98 Å². The van der Waals surface area contributed by atoms with Crippen LogP contribution in [0.15, 0.2) is 66.0 Å². The quantitative estimate of drug-likeness (QED) is 0.375. The van der Waals surface area contributed by atoms with Gasteiger partial charge >= 0.3 is 0 Å². The number of aromatic nitrogens is 2. The first kappa shape index (κ1) is 26.4. The Morgan fingerprint density at radius 2 is 1.92 bits per heavy atom. The summed E-state index contributed by atoms with van der Waals surface area (Å²) in [7, 11) is -3.75. The second-order valence-electron chi connectivity index (χ2n) is 9.46. The van der Waals surface area contributed by atoms with Gasteiger partial charge in [-0.05, 0) is 49.9 Å². The number of benzene rings is 2. The molecule has 1 atom stereocenters. The fraction of sp³-hybridized carbons (Fsp3) is 0.407. The molecule has 0 N–H and O–H groups in total. The molecule has 0 aliphatic carbocycles. The van der Waals surface area contributed by atoms with Gasteiger partial charge in [0.1, 0.15) is 0 Å². The minimum Gasteiger partial charge on any atom is -0.376 e. The molecule has 1 saturated heterocycles. The normalized spacial score (nSPS) is 15.9. The smallest absolute Gasteiger partial charge is 0.228 e. The van der Waals surface area contributed by atoms with Crippen LogP contribution in [0.25, 0.3) is 0 Å². The van der Waals surface area contributed by atoms with E-state index in [0.29, 0.717) is 29.4 Å². The van der Waals surface area contributed by atoms with E-state index in [1.165, 1.54) is 0 Å². The van der Waals surface area contributed by atoms with Crippen molar-refractivity contribution in [1.82, 2.24) is 14.5 Å². The molecule has 36 heavy (non-hydrogen) atoms. The Morgan fingerprint density at radius 1 is 1.17 bits per heavy atom. The highest BCUT2D eigenvalue weighted by Gasteiger charge is 2.28. The predicted molar refractivity (Wildman–Crippen MR) is 139 cm³/mol. The summed E-state index contributed by atoms with van der Waals surface area (Å²) < 4.78 is 34.3. The summed E-state index contributed by atoms with van der Waals surface area (Å²) in [5, 5.41) is 0.484. The van der Waals surface area contributed by atoms with Crippen LogP contribution in [-0.2, 0) is 38.1 Å². The van der Waals surface area contributed by atoms with Gasteiger partial charge < -0.3 is 14.2 Å². The van der Waals surface area contributed by atoms with E-state index in [0.717, 1.165) is 18.4 Å². The van der Waals surface area contributed by atoms with Crippen LogP contribution in [-0.4, -0.2) is 48.0 Å². The summed E-state index contributed by atoms with van der Waals surface area (Å²) >= 11 is 6.06. The molecule has 0 bridgehead atoms. The van der Waals surface area contributed by atoms with Gasteiger partial charge in [0.2, 0.25) is 20.9 Å². The number of amides is 1. The number of sulfone groups is 1. The monoisotopic (exact) mass is 529 g/mol. The maximum atomic E-state index is 13.4. The largest absolute Gasteiger partial charge is 0.376 e. The predicted octanol–water partition coefficient (Wildman–Crippen LogP) is 4.84. The van der Waals surface area contributed by atoms with E-state index >= 15 is 0 Å². The molecule has 1 aromatic heterocycles. The van der Waals surface area contributed by atoms with Crippen LogP contribution >= 0.6 is 11.6 Å².